The zero-order valence-electron chi connectivity index (χ0n) is 7.72. The zero-order chi connectivity index (χ0) is 10.1. The van der Waals surface area contributed by atoms with Gasteiger partial charge in [-0.05, 0) is 43.8 Å². The average molecular weight is 315 g/mol. The summed E-state index contributed by atoms with van der Waals surface area (Å²) in [5, 5.41) is 2.43. The maximum absolute atomic E-state index is 4.25. The van der Waals surface area contributed by atoms with Crippen LogP contribution in [0, 0.1) is 0 Å². The first-order valence-corrected chi connectivity index (χ1v) is 6.04. The molecular formula is C11H9Br2N. The van der Waals surface area contributed by atoms with Gasteiger partial charge in [0, 0.05) is 21.4 Å². The fourth-order valence-corrected chi connectivity index (χ4v) is 2.60. The number of hydrogen-bond donors (Lipinski definition) is 0. The van der Waals surface area contributed by atoms with Crippen molar-refractivity contribution in [1.29, 1.82) is 0 Å². The molecule has 1 nitrogen and oxygen atoms in total. The Hall–Kier alpha value is -0.410. The number of halogens is 2. The highest BCUT2D eigenvalue weighted by atomic mass is 79.9. The maximum atomic E-state index is 4.25. The van der Waals surface area contributed by atoms with Gasteiger partial charge < -0.3 is 0 Å². The van der Waals surface area contributed by atoms with Crippen molar-refractivity contribution >= 4 is 42.6 Å². The fraction of sp³-hybridized carbons (Fsp3) is 0.182. The Labute approximate surface area is 99.8 Å². The summed E-state index contributed by atoms with van der Waals surface area (Å²) in [5.74, 6) is 0. The summed E-state index contributed by atoms with van der Waals surface area (Å²) in [6.07, 6.45) is 2.87. The van der Waals surface area contributed by atoms with Gasteiger partial charge in [-0.15, -0.1) is 0 Å². The summed E-state index contributed by atoms with van der Waals surface area (Å²) in [6, 6.07) is 6.30. The van der Waals surface area contributed by atoms with Crippen LogP contribution in [-0.4, -0.2) is 4.98 Å². The molecule has 0 fully saturated rings. The van der Waals surface area contributed by atoms with E-state index in [4.69, 9.17) is 0 Å². The quantitative estimate of drug-likeness (QED) is 0.714. The van der Waals surface area contributed by atoms with Crippen molar-refractivity contribution in [3.05, 3.63) is 39.0 Å². The van der Waals surface area contributed by atoms with Gasteiger partial charge in [0.15, 0.2) is 0 Å². The van der Waals surface area contributed by atoms with E-state index in [1.807, 2.05) is 6.20 Å². The number of aryl methyl sites for hydroxylation is 1. The second kappa shape index (κ2) is 3.99. The predicted octanol–water partition coefficient (Wildman–Crippen LogP) is 4.32. The van der Waals surface area contributed by atoms with Crippen LogP contribution in [0.25, 0.3) is 10.8 Å². The number of aromatic nitrogens is 1. The topological polar surface area (TPSA) is 12.9 Å². The minimum Gasteiger partial charge on any atom is -0.248 e. The standard InChI is InChI=1S/C11H9Br2N/c1-2-7-4-3-5-8-10(7)9(12)6-14-11(8)13/h3-6H,2H2,1H3. The Balaban J connectivity index is 2.92. The summed E-state index contributed by atoms with van der Waals surface area (Å²) < 4.78 is 1.97. The molecule has 3 heteroatoms. The minimum atomic E-state index is 0.908. The molecule has 14 heavy (non-hydrogen) atoms. The average Bonchev–Trinajstić information content (AvgIpc) is 2.23. The van der Waals surface area contributed by atoms with Crippen LogP contribution in [0.5, 0.6) is 0 Å². The molecule has 1 aromatic heterocycles. The van der Waals surface area contributed by atoms with Crippen molar-refractivity contribution < 1.29 is 0 Å². The third-order valence-corrected chi connectivity index (χ3v) is 3.52. The number of fused-ring (bicyclic) bond motifs is 1. The molecule has 0 amide bonds. The normalized spacial score (nSPS) is 10.8. The van der Waals surface area contributed by atoms with Crippen molar-refractivity contribution in [1.82, 2.24) is 4.98 Å². The molecule has 0 aliphatic rings. The van der Waals surface area contributed by atoms with Crippen LogP contribution in [0.1, 0.15) is 12.5 Å². The molecule has 72 valence electrons. The first kappa shape index (κ1) is 10.1. The van der Waals surface area contributed by atoms with Crippen LogP contribution in [0.2, 0.25) is 0 Å². The van der Waals surface area contributed by atoms with Gasteiger partial charge in [-0.25, -0.2) is 4.98 Å². The Morgan fingerprint density at radius 1 is 1.29 bits per heavy atom. The van der Waals surface area contributed by atoms with Gasteiger partial charge in [0.2, 0.25) is 0 Å². The van der Waals surface area contributed by atoms with Gasteiger partial charge in [0.05, 0.1) is 0 Å². The van der Waals surface area contributed by atoms with Gasteiger partial charge in [0.25, 0.3) is 0 Å². The molecule has 0 atom stereocenters. The lowest BCUT2D eigenvalue weighted by Gasteiger charge is -2.07. The molecule has 0 N–H and O–H groups in total. The molecule has 0 radical (unpaired) electrons. The van der Waals surface area contributed by atoms with Crippen molar-refractivity contribution in [2.75, 3.05) is 0 Å². The molecule has 2 aromatic rings. The van der Waals surface area contributed by atoms with Crippen molar-refractivity contribution in [2.24, 2.45) is 0 Å². The number of hydrogen-bond acceptors (Lipinski definition) is 1. The van der Waals surface area contributed by atoms with Crippen LogP contribution in [-0.2, 0) is 6.42 Å². The second-order valence-corrected chi connectivity index (χ2v) is 4.70. The van der Waals surface area contributed by atoms with E-state index in [9.17, 15) is 0 Å². The Morgan fingerprint density at radius 3 is 2.79 bits per heavy atom. The maximum Gasteiger partial charge on any atom is 0.113 e. The Bertz CT molecular complexity index is 480. The summed E-state index contributed by atoms with van der Waals surface area (Å²) in [7, 11) is 0. The molecule has 0 aliphatic heterocycles. The first-order chi connectivity index (χ1) is 6.74. The van der Waals surface area contributed by atoms with E-state index >= 15 is 0 Å². The molecule has 1 aromatic carbocycles. The van der Waals surface area contributed by atoms with E-state index in [-0.39, 0.29) is 0 Å². The highest BCUT2D eigenvalue weighted by Crippen LogP contribution is 2.31. The molecule has 0 unspecified atom stereocenters. The van der Waals surface area contributed by atoms with E-state index in [0.29, 0.717) is 0 Å². The largest absolute Gasteiger partial charge is 0.248 e. The summed E-state index contributed by atoms with van der Waals surface area (Å²) in [5.41, 5.74) is 1.34. The number of nitrogens with zero attached hydrogens (tertiary/aromatic N) is 1. The number of benzene rings is 1. The molecule has 0 spiro atoms. The van der Waals surface area contributed by atoms with E-state index in [1.54, 1.807) is 0 Å². The third kappa shape index (κ3) is 1.59. The van der Waals surface area contributed by atoms with Gasteiger partial charge >= 0.3 is 0 Å². The van der Waals surface area contributed by atoms with Crippen LogP contribution < -0.4 is 0 Å². The fourth-order valence-electron chi connectivity index (χ4n) is 1.60. The predicted molar refractivity (Wildman–Crippen MR) is 66.5 cm³/mol. The summed E-state index contributed by atoms with van der Waals surface area (Å²) >= 11 is 7.00. The summed E-state index contributed by atoms with van der Waals surface area (Å²) in [6.45, 7) is 2.16. The monoisotopic (exact) mass is 313 g/mol. The lowest BCUT2D eigenvalue weighted by atomic mass is 10.1. The van der Waals surface area contributed by atoms with E-state index in [0.717, 1.165) is 15.5 Å². The molecular weight excluding hydrogens is 306 g/mol. The second-order valence-electron chi connectivity index (χ2n) is 3.09. The van der Waals surface area contributed by atoms with Crippen LogP contribution in [0.4, 0.5) is 0 Å². The lowest BCUT2D eigenvalue weighted by Crippen LogP contribution is -1.87. The van der Waals surface area contributed by atoms with Gasteiger partial charge in [0.1, 0.15) is 4.60 Å². The van der Waals surface area contributed by atoms with Gasteiger partial charge in [-0.1, -0.05) is 25.1 Å². The highest BCUT2D eigenvalue weighted by molar-refractivity contribution is 9.11. The van der Waals surface area contributed by atoms with E-state index in [2.05, 4.69) is 62.0 Å². The number of rotatable bonds is 1. The van der Waals surface area contributed by atoms with Crippen LogP contribution in [0.3, 0.4) is 0 Å². The molecule has 0 bridgehead atoms. The Morgan fingerprint density at radius 2 is 2.07 bits per heavy atom. The SMILES string of the molecule is CCc1cccc2c(Br)ncc(Br)c12. The van der Waals surface area contributed by atoms with Crippen LogP contribution in [0.15, 0.2) is 33.5 Å². The van der Waals surface area contributed by atoms with Crippen molar-refractivity contribution in [3.63, 3.8) is 0 Å². The Kier molecular flexibility index (Phi) is 2.88. The minimum absolute atomic E-state index is 0.908. The van der Waals surface area contributed by atoms with E-state index in [1.165, 1.54) is 16.3 Å². The van der Waals surface area contributed by atoms with Gasteiger partial charge in [-0.2, -0.15) is 0 Å². The summed E-state index contributed by atoms with van der Waals surface area (Å²) in [4.78, 5) is 4.25. The smallest absolute Gasteiger partial charge is 0.113 e. The third-order valence-electron chi connectivity index (χ3n) is 2.28. The molecule has 0 saturated heterocycles. The molecule has 1 heterocycles. The van der Waals surface area contributed by atoms with Gasteiger partial charge in [-0.3, -0.25) is 0 Å². The van der Waals surface area contributed by atoms with Crippen molar-refractivity contribution in [3.8, 4) is 0 Å². The first-order valence-electron chi connectivity index (χ1n) is 4.45. The number of pyridine rings is 1. The lowest BCUT2D eigenvalue weighted by molar-refractivity contribution is 1.15. The molecule has 2 rings (SSSR count). The van der Waals surface area contributed by atoms with Crippen molar-refractivity contribution in [2.45, 2.75) is 13.3 Å². The highest BCUT2D eigenvalue weighted by Gasteiger charge is 2.06. The van der Waals surface area contributed by atoms with Crippen LogP contribution >= 0.6 is 31.9 Å². The molecule has 0 saturated carbocycles. The zero-order valence-corrected chi connectivity index (χ0v) is 10.9. The van der Waals surface area contributed by atoms with E-state index < -0.39 is 0 Å². The molecule has 0 aliphatic carbocycles.